The number of carbonyl (C=O) groups excluding carboxylic acids is 7. The number of thioether (sulfide) groups is 1. The van der Waals surface area contributed by atoms with Gasteiger partial charge in [-0.2, -0.15) is 0 Å². The number of hydrogen-bond donors (Lipinski definition) is 5. The molecule has 6 N–H and O–H groups in total. The van der Waals surface area contributed by atoms with E-state index >= 15 is 0 Å². The van der Waals surface area contributed by atoms with Gasteiger partial charge in [-0.05, 0) is 38.3 Å². The Hall–Kier alpha value is -5.18. The molecule has 2 rings (SSSR count). The second-order valence-corrected chi connectivity index (χ2v) is 18.1. The summed E-state index contributed by atoms with van der Waals surface area (Å²) in [6, 6.07) is 12.2. The van der Waals surface area contributed by atoms with Crippen LogP contribution in [0.3, 0.4) is 0 Å². The second kappa shape index (κ2) is 31.6. The summed E-state index contributed by atoms with van der Waals surface area (Å²) < 4.78 is 10.6. The number of ether oxygens (including phenoxy) is 2. The Balaban J connectivity index is 2.14. The van der Waals surface area contributed by atoms with Crippen molar-refractivity contribution in [2.75, 3.05) is 12.4 Å². The van der Waals surface area contributed by atoms with E-state index < -0.39 is 71.9 Å². The highest BCUT2D eigenvalue weighted by atomic mass is 32.2. The number of rotatable bonds is 32. The van der Waals surface area contributed by atoms with Crippen molar-refractivity contribution in [2.45, 2.75) is 167 Å². The van der Waals surface area contributed by atoms with E-state index in [1.54, 1.807) is 81.4 Å². The maximum atomic E-state index is 14.1. The van der Waals surface area contributed by atoms with E-state index in [4.69, 9.17) is 15.2 Å². The van der Waals surface area contributed by atoms with Crippen molar-refractivity contribution in [3.05, 3.63) is 84.4 Å². The van der Waals surface area contributed by atoms with Crippen LogP contribution in [0.5, 0.6) is 0 Å². The molecular weight excluding hydrogens is 835 g/mol. The van der Waals surface area contributed by atoms with Crippen LogP contribution in [0.2, 0.25) is 0 Å². The van der Waals surface area contributed by atoms with Gasteiger partial charge in [0.2, 0.25) is 23.6 Å². The molecule has 0 aromatic heterocycles. The quantitative estimate of drug-likeness (QED) is 0.0284. The Morgan fingerprint density at radius 1 is 0.641 bits per heavy atom. The molecule has 4 atom stereocenters. The zero-order chi connectivity index (χ0) is 47.2. The van der Waals surface area contributed by atoms with Gasteiger partial charge in [0.15, 0.2) is 5.12 Å². The van der Waals surface area contributed by atoms with E-state index in [-0.39, 0.29) is 30.3 Å². The number of amides is 5. The van der Waals surface area contributed by atoms with Crippen molar-refractivity contribution in [1.29, 1.82) is 0 Å². The first-order chi connectivity index (χ1) is 30.6. The van der Waals surface area contributed by atoms with Crippen LogP contribution in [0.15, 0.2) is 73.3 Å². The molecule has 0 aliphatic heterocycles. The molecule has 5 amide bonds. The van der Waals surface area contributed by atoms with Gasteiger partial charge >= 0.3 is 12.1 Å². The fourth-order valence-electron chi connectivity index (χ4n) is 6.74. The molecule has 0 aliphatic rings. The molecule has 0 spiro atoms. The van der Waals surface area contributed by atoms with Gasteiger partial charge in [-0.3, -0.25) is 24.0 Å². The summed E-state index contributed by atoms with van der Waals surface area (Å²) in [5.41, 5.74) is 5.99. The molecule has 14 nitrogen and oxygen atoms in total. The molecule has 0 heterocycles. The number of carbonyl (C=O) groups is 7. The molecule has 15 heteroatoms. The third kappa shape index (κ3) is 25.2. The van der Waals surface area contributed by atoms with Gasteiger partial charge in [-0.25, -0.2) is 9.59 Å². The van der Waals surface area contributed by atoms with Gasteiger partial charge in [0.25, 0.3) is 0 Å². The zero-order valence-corrected chi connectivity index (χ0v) is 39.3. The summed E-state index contributed by atoms with van der Waals surface area (Å²) in [6.07, 6.45) is 15.5. The zero-order valence-electron chi connectivity index (χ0n) is 38.5. The molecule has 64 heavy (non-hydrogen) atoms. The summed E-state index contributed by atoms with van der Waals surface area (Å²) in [5.74, 6) is -4.34. The van der Waals surface area contributed by atoms with Gasteiger partial charge in [0.05, 0.1) is 6.42 Å². The van der Waals surface area contributed by atoms with Crippen LogP contribution in [0.1, 0.15) is 135 Å². The van der Waals surface area contributed by atoms with Gasteiger partial charge in [0, 0.05) is 25.0 Å². The largest absolute Gasteiger partial charge is 0.460 e. The number of nitrogens with one attached hydrogen (secondary N) is 4. The molecule has 0 unspecified atom stereocenters. The smallest absolute Gasteiger partial charge is 0.408 e. The highest BCUT2D eigenvalue weighted by molar-refractivity contribution is 8.13. The van der Waals surface area contributed by atoms with Crippen LogP contribution in [0, 0.1) is 0 Å². The minimum atomic E-state index is -1.57. The lowest BCUT2D eigenvalue weighted by Crippen LogP contribution is -2.59. The third-order valence-corrected chi connectivity index (χ3v) is 11.1. The van der Waals surface area contributed by atoms with Crippen molar-refractivity contribution in [3.63, 3.8) is 0 Å². The predicted octanol–water partition coefficient (Wildman–Crippen LogP) is 7.17. The number of primary amides is 1. The summed E-state index contributed by atoms with van der Waals surface area (Å²) in [6.45, 7) is 10.7. The second-order valence-electron chi connectivity index (χ2n) is 17.0. The van der Waals surface area contributed by atoms with Crippen LogP contribution in [-0.2, 0) is 51.1 Å². The van der Waals surface area contributed by atoms with E-state index in [0.29, 0.717) is 17.5 Å². The number of alkyl carbamates (subject to hydrolysis) is 1. The lowest BCUT2D eigenvalue weighted by Gasteiger charge is -2.27. The fraction of sp³-hybridized carbons (Fsp3) is 0.571. The lowest BCUT2D eigenvalue weighted by molar-refractivity contribution is -0.146. The van der Waals surface area contributed by atoms with Crippen LogP contribution >= 0.6 is 11.8 Å². The third-order valence-electron chi connectivity index (χ3n) is 10.1. The minimum absolute atomic E-state index is 0.0130. The van der Waals surface area contributed by atoms with Gasteiger partial charge in [-0.1, -0.05) is 169 Å². The fourth-order valence-corrected chi connectivity index (χ4v) is 7.60. The Kier molecular flexibility index (Phi) is 27.2. The van der Waals surface area contributed by atoms with E-state index in [1.165, 1.54) is 63.9 Å². The van der Waals surface area contributed by atoms with Gasteiger partial charge < -0.3 is 36.5 Å². The first kappa shape index (κ1) is 55.0. The molecular formula is C49H73N5O9S. The number of hydrogen-bond acceptors (Lipinski definition) is 10. The molecule has 0 fully saturated rings. The Morgan fingerprint density at radius 2 is 1.08 bits per heavy atom. The van der Waals surface area contributed by atoms with Crippen LogP contribution in [0.25, 0.3) is 0 Å². The molecule has 2 aromatic rings. The number of esters is 1. The Morgan fingerprint density at radius 3 is 1.55 bits per heavy atom. The molecule has 0 saturated carbocycles. The highest BCUT2D eigenvalue weighted by Crippen LogP contribution is 2.17. The lowest BCUT2D eigenvalue weighted by atomic mass is 10.0. The van der Waals surface area contributed by atoms with Crippen LogP contribution in [0.4, 0.5) is 4.79 Å². The molecule has 0 aliphatic carbocycles. The Bertz CT molecular complexity index is 1740. The first-order valence-electron chi connectivity index (χ1n) is 22.8. The highest BCUT2D eigenvalue weighted by Gasteiger charge is 2.33. The van der Waals surface area contributed by atoms with Gasteiger partial charge in [0.1, 0.15) is 36.4 Å². The number of unbranched alkanes of at least 4 members (excludes halogenated alkanes) is 12. The van der Waals surface area contributed by atoms with Crippen LogP contribution < -0.4 is 27.0 Å². The van der Waals surface area contributed by atoms with E-state index in [2.05, 4.69) is 34.8 Å². The van der Waals surface area contributed by atoms with E-state index in [0.717, 1.165) is 37.4 Å². The molecule has 2 aromatic carbocycles. The molecule has 354 valence electrons. The normalized spacial score (nSPS) is 13.0. The van der Waals surface area contributed by atoms with E-state index in [9.17, 15) is 33.6 Å². The average molecular weight is 908 g/mol. The summed E-state index contributed by atoms with van der Waals surface area (Å²) >= 11 is 0.925. The van der Waals surface area contributed by atoms with Crippen molar-refractivity contribution < 1.29 is 43.0 Å². The molecule has 0 radical (unpaired) electrons. The monoisotopic (exact) mass is 908 g/mol. The standard InChI is InChI=1S/C49H73N5O9S/c1-6-8-9-10-11-12-13-14-15-16-17-18-25-30-43(56)64-35-41(47(60)62-31-7-2)53-44(57)38(32-36-26-21-19-22-27-36)51-46(59)40(34-42(50)55)52-45(58)39(33-37-28-23-20-24-29-37)54-48(61)63-49(3,4)5/h7,19-24,26-29,38-41H,2,6,8-18,25,30-35H2,1,3-5H3,(H2,50,55)(H,51,59)(H,52,58)(H,53,57)(H,54,61)/t38-,39-,40-,41-/m0/s1. The first-order valence-corrected chi connectivity index (χ1v) is 23.8. The summed E-state index contributed by atoms with van der Waals surface area (Å²) in [4.78, 5) is 93.0. The van der Waals surface area contributed by atoms with Crippen molar-refractivity contribution >= 4 is 52.6 Å². The predicted molar refractivity (Wildman–Crippen MR) is 252 cm³/mol. The minimum Gasteiger partial charge on any atom is -0.460 e. The van der Waals surface area contributed by atoms with Crippen molar-refractivity contribution in [3.8, 4) is 0 Å². The number of nitrogens with two attached hydrogens (primary N) is 1. The summed E-state index contributed by atoms with van der Waals surface area (Å²) in [5, 5.41) is 10.2. The molecule has 0 saturated heterocycles. The van der Waals surface area contributed by atoms with Crippen molar-refractivity contribution in [2.24, 2.45) is 5.73 Å². The topological polar surface area (TPSA) is 212 Å². The number of benzene rings is 2. The Labute approximate surface area is 384 Å². The maximum Gasteiger partial charge on any atom is 0.408 e. The van der Waals surface area contributed by atoms with Crippen LogP contribution in [-0.4, -0.2) is 82.9 Å². The SMILES string of the molecule is C=CCOC(=O)[C@H](CSC(=O)CCCCCCCCCCCCCCC)NC(=O)[C@H](Cc1ccccc1)NC(=O)[C@H](CC(N)=O)NC(=O)[C@H](Cc1ccccc1)NC(=O)OC(C)(C)C. The molecule has 0 bridgehead atoms. The van der Waals surface area contributed by atoms with Gasteiger partial charge in [-0.15, -0.1) is 0 Å². The summed E-state index contributed by atoms with van der Waals surface area (Å²) in [7, 11) is 0. The average Bonchev–Trinajstić information content (AvgIpc) is 3.24. The van der Waals surface area contributed by atoms with E-state index in [1.807, 2.05) is 0 Å². The maximum absolute atomic E-state index is 14.1. The van der Waals surface area contributed by atoms with Crippen molar-refractivity contribution in [1.82, 2.24) is 21.3 Å².